The Morgan fingerprint density at radius 3 is 2.15 bits per heavy atom. The molecule has 0 aliphatic carbocycles. The molecule has 1 N–H and O–H groups in total. The summed E-state index contributed by atoms with van der Waals surface area (Å²) in [5.41, 5.74) is 1.78. The molecule has 3 rings (SSSR count). The molecule has 1 atom stereocenters. The Balaban J connectivity index is 1.52. The van der Waals surface area contributed by atoms with Crippen LogP contribution in [0.5, 0.6) is 5.75 Å². The number of carbonyl (C=O) groups excluding carboxylic acids is 1. The van der Waals surface area contributed by atoms with Crippen LogP contribution in [0.4, 0.5) is 5.69 Å². The van der Waals surface area contributed by atoms with Crippen LogP contribution in [0.15, 0.2) is 89.8 Å². The molecular weight excluding hydrogens is 436 g/mol. The van der Waals surface area contributed by atoms with Gasteiger partial charge in [0.2, 0.25) is 0 Å². The van der Waals surface area contributed by atoms with E-state index >= 15 is 0 Å². The number of nitrogens with one attached hydrogen (secondary N) is 1. The highest BCUT2D eigenvalue weighted by atomic mass is 32.2. The van der Waals surface area contributed by atoms with Gasteiger partial charge in [0.1, 0.15) is 5.75 Å². The lowest BCUT2D eigenvalue weighted by molar-refractivity contribution is -0.123. The van der Waals surface area contributed by atoms with Gasteiger partial charge in [-0.15, -0.1) is 0 Å². The number of anilines is 1. The Labute approximate surface area is 196 Å². The van der Waals surface area contributed by atoms with Crippen LogP contribution < -0.4 is 14.4 Å². The highest BCUT2D eigenvalue weighted by Crippen LogP contribution is 2.25. The van der Waals surface area contributed by atoms with E-state index in [9.17, 15) is 13.2 Å². The molecule has 0 aliphatic rings. The normalized spacial score (nSPS) is 12.1. The summed E-state index contributed by atoms with van der Waals surface area (Å²) in [4.78, 5) is 12.5. The monoisotopic (exact) mass is 466 g/mol. The van der Waals surface area contributed by atoms with Gasteiger partial charge in [0.25, 0.3) is 15.9 Å². The molecule has 0 bridgehead atoms. The lowest BCUT2D eigenvalue weighted by atomic mass is 10.1. The summed E-state index contributed by atoms with van der Waals surface area (Å²) >= 11 is 0. The van der Waals surface area contributed by atoms with Gasteiger partial charge in [-0.2, -0.15) is 0 Å². The minimum absolute atomic E-state index is 0.0324. The third-order valence-electron chi connectivity index (χ3n) is 5.23. The molecule has 0 saturated heterocycles. The van der Waals surface area contributed by atoms with Crippen LogP contribution in [-0.4, -0.2) is 33.5 Å². The standard InChI is InChI=1S/C26H30N2O4S/c1-3-28(33(30,31)25-12-8-5-9-13-25)23-16-18-24(19-17-23)32-20-26(29)27-21(2)14-15-22-10-6-4-7-11-22/h4-13,16-19,21H,3,14-15,20H2,1-2H3,(H,27,29)/t21-/m1/s1. The topological polar surface area (TPSA) is 75.7 Å². The number of amides is 1. The first-order chi connectivity index (χ1) is 15.9. The summed E-state index contributed by atoms with van der Waals surface area (Å²) in [6.45, 7) is 3.95. The van der Waals surface area contributed by atoms with Gasteiger partial charge < -0.3 is 10.1 Å². The SMILES string of the molecule is CCN(c1ccc(OCC(=O)N[C@H](C)CCc2ccccc2)cc1)S(=O)(=O)c1ccccc1. The van der Waals surface area contributed by atoms with Crippen molar-refractivity contribution in [3.8, 4) is 5.75 Å². The molecule has 6 nitrogen and oxygen atoms in total. The number of hydrogen-bond acceptors (Lipinski definition) is 4. The summed E-state index contributed by atoms with van der Waals surface area (Å²) in [6, 6.07) is 25.2. The van der Waals surface area contributed by atoms with E-state index in [0.717, 1.165) is 12.8 Å². The lowest BCUT2D eigenvalue weighted by Crippen LogP contribution is -2.36. The Morgan fingerprint density at radius 2 is 1.55 bits per heavy atom. The van der Waals surface area contributed by atoms with Crippen molar-refractivity contribution in [2.45, 2.75) is 37.6 Å². The molecule has 0 saturated carbocycles. The third kappa shape index (κ3) is 6.83. The molecule has 0 aromatic heterocycles. The summed E-state index contributed by atoms with van der Waals surface area (Å²) in [6.07, 6.45) is 1.73. The predicted octanol–water partition coefficient (Wildman–Crippen LogP) is 4.42. The molecule has 0 spiro atoms. The van der Waals surface area contributed by atoms with E-state index in [1.165, 1.54) is 9.87 Å². The number of hydrogen-bond donors (Lipinski definition) is 1. The zero-order valence-corrected chi connectivity index (χ0v) is 19.8. The van der Waals surface area contributed by atoms with Gasteiger partial charge in [-0.3, -0.25) is 9.10 Å². The van der Waals surface area contributed by atoms with Crippen molar-refractivity contribution in [1.82, 2.24) is 5.32 Å². The number of rotatable bonds is 11. The second-order valence-corrected chi connectivity index (χ2v) is 9.62. The van der Waals surface area contributed by atoms with Gasteiger partial charge in [0, 0.05) is 12.6 Å². The molecule has 0 radical (unpaired) electrons. The predicted molar refractivity (Wildman–Crippen MR) is 131 cm³/mol. The second kappa shape index (κ2) is 11.5. The molecule has 0 unspecified atom stereocenters. The summed E-state index contributed by atoms with van der Waals surface area (Å²) in [5.74, 6) is 0.306. The molecule has 3 aromatic carbocycles. The van der Waals surface area contributed by atoms with Gasteiger partial charge in [-0.25, -0.2) is 8.42 Å². The zero-order valence-electron chi connectivity index (χ0n) is 19.0. The van der Waals surface area contributed by atoms with Crippen molar-refractivity contribution in [2.24, 2.45) is 0 Å². The fourth-order valence-corrected chi connectivity index (χ4v) is 4.98. The van der Waals surface area contributed by atoms with Gasteiger partial charge in [0.15, 0.2) is 6.61 Å². The second-order valence-electron chi connectivity index (χ2n) is 7.76. The summed E-state index contributed by atoms with van der Waals surface area (Å²) in [7, 11) is -3.65. The first kappa shape index (κ1) is 24.3. The number of benzene rings is 3. The zero-order chi connectivity index (χ0) is 23.7. The minimum Gasteiger partial charge on any atom is -0.484 e. The average molecular weight is 467 g/mol. The summed E-state index contributed by atoms with van der Waals surface area (Å²) in [5, 5.41) is 2.95. The van der Waals surface area contributed by atoms with Gasteiger partial charge in [-0.1, -0.05) is 48.5 Å². The number of aryl methyl sites for hydroxylation is 1. The lowest BCUT2D eigenvalue weighted by Gasteiger charge is -2.23. The van der Waals surface area contributed by atoms with Crippen LogP contribution in [0.2, 0.25) is 0 Å². The number of ether oxygens (including phenoxy) is 1. The summed E-state index contributed by atoms with van der Waals surface area (Å²) < 4.78 is 32.8. The highest BCUT2D eigenvalue weighted by Gasteiger charge is 2.23. The molecule has 0 fully saturated rings. The van der Waals surface area contributed by atoms with E-state index < -0.39 is 10.0 Å². The molecule has 33 heavy (non-hydrogen) atoms. The van der Waals surface area contributed by atoms with E-state index in [1.807, 2.05) is 25.1 Å². The van der Waals surface area contributed by atoms with Crippen LogP contribution in [0.3, 0.4) is 0 Å². The Morgan fingerprint density at radius 1 is 0.939 bits per heavy atom. The number of nitrogens with zero attached hydrogens (tertiary/aromatic N) is 1. The average Bonchev–Trinajstić information content (AvgIpc) is 2.84. The van der Waals surface area contributed by atoms with Crippen LogP contribution in [0, 0.1) is 0 Å². The number of carbonyl (C=O) groups is 1. The molecular formula is C26H30N2O4S. The van der Waals surface area contributed by atoms with E-state index in [1.54, 1.807) is 61.5 Å². The minimum atomic E-state index is -3.65. The van der Waals surface area contributed by atoms with E-state index in [4.69, 9.17) is 4.74 Å². The van der Waals surface area contributed by atoms with Crippen molar-refractivity contribution >= 4 is 21.6 Å². The van der Waals surface area contributed by atoms with Crippen LogP contribution in [0.1, 0.15) is 25.8 Å². The van der Waals surface area contributed by atoms with Gasteiger partial charge in [-0.05, 0) is 68.7 Å². The maximum absolute atomic E-state index is 13.0. The molecule has 7 heteroatoms. The Kier molecular flexibility index (Phi) is 8.49. The van der Waals surface area contributed by atoms with Crippen LogP contribution in [-0.2, 0) is 21.2 Å². The number of sulfonamides is 1. The van der Waals surface area contributed by atoms with Gasteiger partial charge >= 0.3 is 0 Å². The van der Waals surface area contributed by atoms with E-state index in [2.05, 4.69) is 17.4 Å². The molecule has 0 heterocycles. The first-order valence-electron chi connectivity index (χ1n) is 11.0. The fourth-order valence-electron chi connectivity index (χ4n) is 3.49. The van der Waals surface area contributed by atoms with Crippen molar-refractivity contribution in [3.63, 3.8) is 0 Å². The maximum Gasteiger partial charge on any atom is 0.264 e. The molecule has 1 amide bonds. The van der Waals surface area contributed by atoms with Crippen molar-refractivity contribution in [3.05, 3.63) is 90.5 Å². The van der Waals surface area contributed by atoms with E-state index in [-0.39, 0.29) is 23.5 Å². The maximum atomic E-state index is 13.0. The molecule has 0 aliphatic heterocycles. The Hall–Kier alpha value is -3.32. The Bertz CT molecular complexity index is 1120. The van der Waals surface area contributed by atoms with Crippen LogP contribution >= 0.6 is 0 Å². The molecule has 174 valence electrons. The highest BCUT2D eigenvalue weighted by molar-refractivity contribution is 7.92. The quantitative estimate of drug-likeness (QED) is 0.454. The third-order valence-corrected chi connectivity index (χ3v) is 7.15. The van der Waals surface area contributed by atoms with E-state index in [0.29, 0.717) is 18.0 Å². The smallest absolute Gasteiger partial charge is 0.264 e. The van der Waals surface area contributed by atoms with Crippen molar-refractivity contribution < 1.29 is 17.9 Å². The fraction of sp³-hybridized carbons (Fsp3) is 0.269. The first-order valence-corrected chi connectivity index (χ1v) is 12.5. The largest absolute Gasteiger partial charge is 0.484 e. The molecule has 3 aromatic rings. The van der Waals surface area contributed by atoms with Crippen molar-refractivity contribution in [2.75, 3.05) is 17.5 Å². The van der Waals surface area contributed by atoms with Gasteiger partial charge in [0.05, 0.1) is 10.6 Å². The van der Waals surface area contributed by atoms with Crippen molar-refractivity contribution in [1.29, 1.82) is 0 Å². The van der Waals surface area contributed by atoms with Crippen LogP contribution in [0.25, 0.3) is 0 Å².